The number of hydrogen-bond donors (Lipinski definition) is 2. The Morgan fingerprint density at radius 1 is 1.17 bits per heavy atom. The molecule has 160 valence electrons. The Hall–Kier alpha value is -3.08. The maximum Gasteiger partial charge on any atom is 0.303 e. The number of benzene rings is 2. The third-order valence-corrected chi connectivity index (χ3v) is 4.68. The van der Waals surface area contributed by atoms with Gasteiger partial charge in [0.15, 0.2) is 0 Å². The van der Waals surface area contributed by atoms with Crippen LogP contribution in [-0.2, 0) is 16.0 Å². The number of hydrogen-bond acceptors (Lipinski definition) is 3. The highest BCUT2D eigenvalue weighted by atomic mass is 16.5. The number of carbonyl (C=O) groups excluding carboxylic acids is 1. The second-order valence-electron chi connectivity index (χ2n) is 7.51. The molecule has 0 fully saturated rings. The van der Waals surface area contributed by atoms with Gasteiger partial charge < -0.3 is 15.2 Å². The topological polar surface area (TPSA) is 75.6 Å². The van der Waals surface area contributed by atoms with Gasteiger partial charge >= 0.3 is 5.97 Å². The van der Waals surface area contributed by atoms with E-state index in [4.69, 9.17) is 9.84 Å². The van der Waals surface area contributed by atoms with Gasteiger partial charge in [-0.1, -0.05) is 63.1 Å². The zero-order valence-corrected chi connectivity index (χ0v) is 17.8. The van der Waals surface area contributed by atoms with Crippen LogP contribution < -0.4 is 10.1 Å². The van der Waals surface area contributed by atoms with E-state index in [2.05, 4.69) is 31.3 Å². The molecule has 0 saturated heterocycles. The average molecular weight is 410 g/mol. The van der Waals surface area contributed by atoms with Gasteiger partial charge in [-0.15, -0.1) is 0 Å². The summed E-state index contributed by atoms with van der Waals surface area (Å²) in [5.74, 6) is 0.0663. The van der Waals surface area contributed by atoms with Crippen molar-refractivity contribution in [3.63, 3.8) is 0 Å². The van der Waals surface area contributed by atoms with Gasteiger partial charge in [-0.25, -0.2) is 0 Å². The molecule has 2 N–H and O–H groups in total. The smallest absolute Gasteiger partial charge is 0.303 e. The van der Waals surface area contributed by atoms with Crippen LogP contribution in [0.2, 0.25) is 0 Å². The number of carboxylic acid groups (broad SMARTS) is 1. The first-order chi connectivity index (χ1) is 14.5. The lowest BCUT2D eigenvalue weighted by Gasteiger charge is -2.11. The van der Waals surface area contributed by atoms with Gasteiger partial charge in [-0.2, -0.15) is 0 Å². The Bertz CT molecular complexity index is 860. The number of ether oxygens (including phenoxy) is 1. The van der Waals surface area contributed by atoms with Gasteiger partial charge in [0, 0.05) is 12.5 Å². The summed E-state index contributed by atoms with van der Waals surface area (Å²) >= 11 is 0. The van der Waals surface area contributed by atoms with Crippen molar-refractivity contribution in [3.8, 4) is 5.75 Å². The Kier molecular flexibility index (Phi) is 9.65. The maximum atomic E-state index is 12.4. The Morgan fingerprint density at radius 2 is 1.97 bits per heavy atom. The Labute approximate surface area is 178 Å². The summed E-state index contributed by atoms with van der Waals surface area (Å²) in [6.07, 6.45) is 7.20. The lowest BCUT2D eigenvalue weighted by atomic mass is 9.96. The van der Waals surface area contributed by atoms with Gasteiger partial charge in [-0.3, -0.25) is 9.59 Å². The van der Waals surface area contributed by atoms with Gasteiger partial charge in [0.2, 0.25) is 5.91 Å². The fraction of sp³-hybridized carbons (Fsp3) is 0.360. The lowest BCUT2D eigenvalue weighted by Crippen LogP contribution is -2.10. The summed E-state index contributed by atoms with van der Waals surface area (Å²) in [4.78, 5) is 23.0. The largest absolute Gasteiger partial charge is 0.491 e. The summed E-state index contributed by atoms with van der Waals surface area (Å²) in [7, 11) is 0. The monoisotopic (exact) mass is 409 g/mol. The van der Waals surface area contributed by atoms with E-state index in [1.807, 2.05) is 24.3 Å². The lowest BCUT2D eigenvalue weighted by molar-refractivity contribution is -0.137. The number of rotatable bonds is 12. The van der Waals surface area contributed by atoms with E-state index in [0.29, 0.717) is 23.8 Å². The molecule has 2 aromatic carbocycles. The molecule has 0 aliphatic heterocycles. The van der Waals surface area contributed by atoms with Crippen molar-refractivity contribution in [2.75, 3.05) is 11.9 Å². The summed E-state index contributed by atoms with van der Waals surface area (Å²) in [5, 5.41) is 11.5. The zero-order chi connectivity index (χ0) is 21.8. The van der Waals surface area contributed by atoms with E-state index in [1.165, 1.54) is 24.5 Å². The molecule has 2 aromatic rings. The van der Waals surface area contributed by atoms with Crippen molar-refractivity contribution in [3.05, 3.63) is 65.7 Å². The summed E-state index contributed by atoms with van der Waals surface area (Å²) in [6, 6.07) is 15.4. The first-order valence-corrected chi connectivity index (χ1v) is 10.5. The molecule has 0 aliphatic carbocycles. The van der Waals surface area contributed by atoms with E-state index in [-0.39, 0.29) is 18.9 Å². The minimum absolute atomic E-state index is 0.0492. The van der Waals surface area contributed by atoms with Crippen LogP contribution in [-0.4, -0.2) is 23.6 Å². The van der Waals surface area contributed by atoms with Gasteiger partial charge in [0.05, 0.1) is 12.3 Å². The second-order valence-corrected chi connectivity index (χ2v) is 7.51. The van der Waals surface area contributed by atoms with Crippen LogP contribution in [0.25, 0.3) is 6.08 Å². The quantitative estimate of drug-likeness (QED) is 0.355. The van der Waals surface area contributed by atoms with E-state index in [1.54, 1.807) is 18.2 Å². The van der Waals surface area contributed by atoms with Crippen LogP contribution in [0.1, 0.15) is 50.7 Å². The molecule has 0 saturated carbocycles. The molecule has 0 radical (unpaired) electrons. The molecule has 0 bridgehead atoms. The molecule has 1 unspecified atom stereocenters. The van der Waals surface area contributed by atoms with Crippen molar-refractivity contribution >= 4 is 23.6 Å². The fourth-order valence-corrected chi connectivity index (χ4v) is 3.27. The summed E-state index contributed by atoms with van der Waals surface area (Å²) < 4.78 is 5.62. The molecular formula is C25H31NO4. The number of para-hydroxylation sites is 2. The maximum absolute atomic E-state index is 12.4. The molecular weight excluding hydrogens is 378 g/mol. The first-order valence-electron chi connectivity index (χ1n) is 10.5. The molecule has 0 aliphatic rings. The SMILES string of the molecule is CCCC(C)Cc1cccc(C=CC(=O)Nc2ccccc2OCCCC(=O)O)c1. The highest BCUT2D eigenvalue weighted by Crippen LogP contribution is 2.24. The molecule has 0 aromatic heterocycles. The predicted molar refractivity (Wildman–Crippen MR) is 121 cm³/mol. The van der Waals surface area contributed by atoms with Crippen LogP contribution in [0, 0.1) is 5.92 Å². The van der Waals surface area contributed by atoms with Crippen molar-refractivity contribution in [1.82, 2.24) is 0 Å². The third-order valence-electron chi connectivity index (χ3n) is 4.68. The number of carboxylic acids is 1. The second kappa shape index (κ2) is 12.5. The highest BCUT2D eigenvalue weighted by molar-refractivity contribution is 6.02. The normalized spacial score (nSPS) is 11.9. The number of nitrogens with one attached hydrogen (secondary N) is 1. The molecule has 1 atom stereocenters. The van der Waals surface area contributed by atoms with Crippen molar-refractivity contribution in [2.24, 2.45) is 5.92 Å². The predicted octanol–water partition coefficient (Wildman–Crippen LogP) is 5.56. The molecule has 1 amide bonds. The number of amides is 1. The third kappa shape index (κ3) is 8.52. The van der Waals surface area contributed by atoms with Crippen LogP contribution in [0.4, 0.5) is 5.69 Å². The minimum atomic E-state index is -0.853. The van der Waals surface area contributed by atoms with Crippen molar-refractivity contribution in [2.45, 2.75) is 46.0 Å². The first kappa shape index (κ1) is 23.2. The molecule has 0 heterocycles. The van der Waals surface area contributed by atoms with E-state index in [0.717, 1.165) is 12.0 Å². The molecule has 0 spiro atoms. The Balaban J connectivity index is 1.94. The van der Waals surface area contributed by atoms with Crippen LogP contribution in [0.15, 0.2) is 54.6 Å². The highest BCUT2D eigenvalue weighted by Gasteiger charge is 2.07. The van der Waals surface area contributed by atoms with Crippen LogP contribution >= 0.6 is 0 Å². The Morgan fingerprint density at radius 3 is 2.73 bits per heavy atom. The van der Waals surface area contributed by atoms with E-state index >= 15 is 0 Å². The average Bonchev–Trinajstić information content (AvgIpc) is 2.71. The summed E-state index contributed by atoms with van der Waals surface area (Å²) in [6.45, 7) is 4.74. The summed E-state index contributed by atoms with van der Waals surface area (Å²) in [5.41, 5.74) is 2.83. The molecule has 30 heavy (non-hydrogen) atoms. The number of anilines is 1. The van der Waals surface area contributed by atoms with Crippen molar-refractivity contribution in [1.29, 1.82) is 0 Å². The molecule has 2 rings (SSSR count). The van der Waals surface area contributed by atoms with Gasteiger partial charge in [0.1, 0.15) is 5.75 Å². The minimum Gasteiger partial charge on any atom is -0.491 e. The van der Waals surface area contributed by atoms with E-state index < -0.39 is 5.97 Å². The van der Waals surface area contributed by atoms with Crippen LogP contribution in [0.5, 0.6) is 5.75 Å². The zero-order valence-electron chi connectivity index (χ0n) is 17.8. The van der Waals surface area contributed by atoms with Crippen molar-refractivity contribution < 1.29 is 19.4 Å². The van der Waals surface area contributed by atoms with Gasteiger partial charge in [0.25, 0.3) is 0 Å². The number of carbonyl (C=O) groups is 2. The molecule has 5 nitrogen and oxygen atoms in total. The number of aliphatic carboxylic acids is 1. The fourth-order valence-electron chi connectivity index (χ4n) is 3.27. The molecule has 5 heteroatoms. The van der Waals surface area contributed by atoms with E-state index in [9.17, 15) is 9.59 Å². The van der Waals surface area contributed by atoms with Gasteiger partial charge in [-0.05, 0) is 48.1 Å². The standard InChI is InChI=1S/C25H31NO4/c1-3-8-19(2)17-21-10-6-9-20(18-21)14-15-24(27)26-22-11-4-5-12-23(22)30-16-7-13-25(28)29/h4-6,9-12,14-15,18-19H,3,7-8,13,16-17H2,1-2H3,(H,26,27)(H,28,29). The van der Waals surface area contributed by atoms with Crippen LogP contribution in [0.3, 0.4) is 0 Å².